The molecule has 0 unspecified atom stereocenters. The summed E-state index contributed by atoms with van der Waals surface area (Å²) >= 11 is 0. The van der Waals surface area contributed by atoms with E-state index in [4.69, 9.17) is 0 Å². The number of benzene rings is 15. The molecule has 0 spiro atoms. The second kappa shape index (κ2) is 22.7. The van der Waals surface area contributed by atoms with Crippen molar-refractivity contribution in [1.29, 1.82) is 0 Å². The topological polar surface area (TPSA) is 13.0 Å². The van der Waals surface area contributed by atoms with Crippen LogP contribution in [-0.2, 0) is 0 Å². The molecule has 4 nitrogen and oxygen atoms in total. The molecule has 15 aromatic carbocycles. The largest absolute Gasteiger partial charge is 0.310 e. The van der Waals surface area contributed by atoms with Crippen LogP contribution in [0.5, 0.6) is 0 Å². The molecule has 0 amide bonds. The predicted octanol–water partition coefficient (Wildman–Crippen LogP) is 23.5. The van der Waals surface area contributed by atoms with Gasteiger partial charge in [0.1, 0.15) is 0 Å². The van der Waals surface area contributed by atoms with Gasteiger partial charge in [-0.15, -0.1) is 0 Å². The van der Waals surface area contributed by atoms with Gasteiger partial charge in [-0.05, 0) is 188 Å². The average molecular weight is 1100 g/mol. The number of anilines is 12. The van der Waals surface area contributed by atoms with Crippen LogP contribution in [0.25, 0.3) is 65.3 Å². The minimum atomic E-state index is 1.05. The molecule has 0 bridgehead atoms. The number of rotatable bonds is 14. The van der Waals surface area contributed by atoms with Gasteiger partial charge in [-0.25, -0.2) is 0 Å². The number of fused-ring (bicyclic) bond motifs is 4. The third-order valence-corrected chi connectivity index (χ3v) is 16.5. The molecule has 406 valence electrons. The van der Waals surface area contributed by atoms with Crippen LogP contribution < -0.4 is 19.6 Å². The first-order valence-electron chi connectivity index (χ1n) is 29.4. The Bertz CT molecular complexity index is 4380. The zero-order chi connectivity index (χ0) is 57.2. The van der Waals surface area contributed by atoms with E-state index < -0.39 is 0 Å². The fourth-order valence-corrected chi connectivity index (χ4v) is 12.8. The highest BCUT2D eigenvalue weighted by Gasteiger charge is 2.26. The molecular formula is C82H58N4. The summed E-state index contributed by atoms with van der Waals surface area (Å²) < 4.78 is 0. The van der Waals surface area contributed by atoms with Crippen molar-refractivity contribution in [2.75, 3.05) is 19.6 Å². The van der Waals surface area contributed by atoms with E-state index in [1.54, 1.807) is 0 Å². The molecule has 0 fully saturated rings. The van der Waals surface area contributed by atoms with Crippen molar-refractivity contribution in [1.82, 2.24) is 0 Å². The van der Waals surface area contributed by atoms with Crippen molar-refractivity contribution in [2.24, 2.45) is 0 Å². The van der Waals surface area contributed by atoms with E-state index in [0.29, 0.717) is 0 Å². The molecule has 0 saturated carbocycles. The second-order valence-corrected chi connectivity index (χ2v) is 21.6. The zero-order valence-corrected chi connectivity index (χ0v) is 47.3. The molecule has 86 heavy (non-hydrogen) atoms. The van der Waals surface area contributed by atoms with Gasteiger partial charge in [0.25, 0.3) is 0 Å². The molecule has 15 aromatic rings. The Labute approximate surface area is 502 Å². The fourth-order valence-electron chi connectivity index (χ4n) is 12.8. The van der Waals surface area contributed by atoms with Crippen molar-refractivity contribution in [2.45, 2.75) is 0 Å². The van der Waals surface area contributed by atoms with E-state index >= 15 is 0 Å². The van der Waals surface area contributed by atoms with Crippen LogP contribution in [-0.4, -0.2) is 0 Å². The first-order chi connectivity index (χ1) is 42.7. The first kappa shape index (κ1) is 51.4. The lowest BCUT2D eigenvalue weighted by Gasteiger charge is -2.29. The molecule has 0 radical (unpaired) electrons. The Kier molecular flexibility index (Phi) is 13.6. The van der Waals surface area contributed by atoms with Crippen molar-refractivity contribution >= 4 is 111 Å². The van der Waals surface area contributed by atoms with Crippen LogP contribution in [0, 0.1) is 0 Å². The smallest absolute Gasteiger partial charge is 0.0540 e. The Morgan fingerprint density at radius 1 is 0.140 bits per heavy atom. The highest BCUT2D eigenvalue weighted by atomic mass is 15.2. The standard InChI is InChI=1S/C82H58N4/c1-9-29-59(30-10-1)83(60-31-11-2-12-32-60)67-53-55-75-77(57-67)81(73-49-25-47-71-69(73)45-27-51-79(71)85(63-37-17-5-18-38-63)64-39-19-6-20-40-64)76-56-54-68(84(61-33-13-3-14-34-61)62-35-15-4-16-36-62)58-78(76)82(75)74-50-26-48-72-70(74)46-28-52-80(72)86(65-41-21-7-22-42-65)66-43-23-8-24-44-66/h1-58H. The molecule has 0 heterocycles. The summed E-state index contributed by atoms with van der Waals surface area (Å²) in [5, 5.41) is 9.17. The number of hydrogen-bond donors (Lipinski definition) is 0. The Hall–Kier alpha value is -11.5. The van der Waals surface area contributed by atoms with Gasteiger partial charge < -0.3 is 19.6 Å². The van der Waals surface area contributed by atoms with E-state index in [-0.39, 0.29) is 0 Å². The van der Waals surface area contributed by atoms with Crippen molar-refractivity contribution in [3.8, 4) is 22.3 Å². The lowest BCUT2D eigenvalue weighted by Crippen LogP contribution is -2.11. The van der Waals surface area contributed by atoms with Crippen molar-refractivity contribution in [3.63, 3.8) is 0 Å². The van der Waals surface area contributed by atoms with Gasteiger partial charge in [0.15, 0.2) is 0 Å². The zero-order valence-electron chi connectivity index (χ0n) is 47.3. The fraction of sp³-hybridized carbons (Fsp3) is 0. The Morgan fingerprint density at radius 3 is 0.663 bits per heavy atom. The number of nitrogens with zero attached hydrogens (tertiary/aromatic N) is 4. The Morgan fingerprint density at radius 2 is 0.384 bits per heavy atom. The van der Waals surface area contributed by atoms with Crippen LogP contribution in [0.1, 0.15) is 0 Å². The monoisotopic (exact) mass is 1100 g/mol. The van der Waals surface area contributed by atoms with Crippen molar-refractivity contribution < 1.29 is 0 Å². The summed E-state index contributed by atoms with van der Waals surface area (Å²) in [7, 11) is 0. The van der Waals surface area contributed by atoms with E-state index in [2.05, 4.69) is 371 Å². The average Bonchev–Trinajstić information content (AvgIpc) is 1.39. The summed E-state index contributed by atoms with van der Waals surface area (Å²) in [5.41, 5.74) is 17.6. The molecule has 0 aliphatic carbocycles. The van der Waals surface area contributed by atoms with E-state index in [1.807, 2.05) is 0 Å². The maximum Gasteiger partial charge on any atom is 0.0540 e. The maximum absolute atomic E-state index is 2.45. The van der Waals surface area contributed by atoms with Crippen LogP contribution >= 0.6 is 0 Å². The highest BCUT2D eigenvalue weighted by Crippen LogP contribution is 2.52. The number of para-hydroxylation sites is 8. The molecule has 0 saturated heterocycles. The second-order valence-electron chi connectivity index (χ2n) is 21.6. The minimum absolute atomic E-state index is 1.05. The minimum Gasteiger partial charge on any atom is -0.310 e. The third-order valence-electron chi connectivity index (χ3n) is 16.5. The third kappa shape index (κ3) is 9.42. The molecule has 15 rings (SSSR count). The van der Waals surface area contributed by atoms with E-state index in [1.165, 1.54) is 0 Å². The van der Waals surface area contributed by atoms with Crippen LogP contribution in [0.2, 0.25) is 0 Å². The van der Waals surface area contributed by atoms with E-state index in [9.17, 15) is 0 Å². The van der Waals surface area contributed by atoms with Gasteiger partial charge in [-0.1, -0.05) is 218 Å². The van der Waals surface area contributed by atoms with Crippen molar-refractivity contribution in [3.05, 3.63) is 352 Å². The summed E-state index contributed by atoms with van der Waals surface area (Å²) in [5.74, 6) is 0. The van der Waals surface area contributed by atoms with Gasteiger partial charge in [0.2, 0.25) is 0 Å². The first-order valence-corrected chi connectivity index (χ1v) is 29.4. The molecular weight excluding hydrogens is 1040 g/mol. The lowest BCUT2D eigenvalue weighted by molar-refractivity contribution is 1.29. The predicted molar refractivity (Wildman–Crippen MR) is 366 cm³/mol. The summed E-state index contributed by atoms with van der Waals surface area (Å²) in [4.78, 5) is 9.55. The van der Waals surface area contributed by atoms with Crippen LogP contribution in [0.15, 0.2) is 352 Å². The van der Waals surface area contributed by atoms with Crippen LogP contribution in [0.3, 0.4) is 0 Å². The summed E-state index contributed by atoms with van der Waals surface area (Å²) in [6.45, 7) is 0. The molecule has 4 heteroatoms. The van der Waals surface area contributed by atoms with Gasteiger partial charge in [0, 0.05) is 67.6 Å². The van der Waals surface area contributed by atoms with E-state index in [0.717, 1.165) is 134 Å². The Balaban J connectivity index is 1.08. The molecule has 0 aliphatic rings. The lowest BCUT2D eigenvalue weighted by atomic mass is 9.83. The maximum atomic E-state index is 2.45. The molecule has 0 atom stereocenters. The SMILES string of the molecule is c1ccc(N(c2ccccc2)c2ccc3c(-c4cccc5c(N(c6ccccc6)c6ccccc6)cccc45)c4cc(N(c5ccccc5)c5ccccc5)ccc4c(-c4cccc5c(N(c6ccccc6)c6ccccc6)cccc45)c3c2)cc1. The highest BCUT2D eigenvalue weighted by molar-refractivity contribution is 6.27. The molecule has 0 N–H and O–H groups in total. The van der Waals surface area contributed by atoms with Gasteiger partial charge >= 0.3 is 0 Å². The summed E-state index contributed by atoms with van der Waals surface area (Å²) in [6.07, 6.45) is 0. The summed E-state index contributed by atoms with van der Waals surface area (Å²) in [6, 6.07) is 128. The van der Waals surface area contributed by atoms with Crippen LogP contribution in [0.4, 0.5) is 68.2 Å². The molecule has 0 aromatic heterocycles. The van der Waals surface area contributed by atoms with Gasteiger partial charge in [-0.2, -0.15) is 0 Å². The number of hydrogen-bond acceptors (Lipinski definition) is 4. The normalized spacial score (nSPS) is 11.3. The van der Waals surface area contributed by atoms with Gasteiger partial charge in [0.05, 0.1) is 11.4 Å². The molecule has 0 aliphatic heterocycles. The quantitative estimate of drug-likeness (QED) is 0.101. The van der Waals surface area contributed by atoms with Gasteiger partial charge in [-0.3, -0.25) is 0 Å².